The summed E-state index contributed by atoms with van der Waals surface area (Å²) in [5, 5.41) is 3.75. The molecule has 1 aliphatic heterocycles. The standard InChI is InChI=1S/C19H19F2N3O4S/c20-19(21)28-17-9-2-1-6-15(17)13-22-23-18(25)14-7-5-8-16(12-14)29(26,27)24-10-3-4-11-24/h1-2,5-9,12-13,19H,3-4,10-11H2,(H,23,25)/b22-13-. The van der Waals surface area contributed by atoms with Crippen LogP contribution in [-0.4, -0.2) is 44.5 Å². The van der Waals surface area contributed by atoms with Crippen molar-refractivity contribution in [3.8, 4) is 5.75 Å². The van der Waals surface area contributed by atoms with Crippen molar-refractivity contribution < 1.29 is 26.7 Å². The molecule has 0 bridgehead atoms. The van der Waals surface area contributed by atoms with E-state index in [2.05, 4.69) is 15.3 Å². The number of hydrogen-bond acceptors (Lipinski definition) is 5. The fourth-order valence-electron chi connectivity index (χ4n) is 2.89. The van der Waals surface area contributed by atoms with E-state index in [4.69, 9.17) is 0 Å². The zero-order chi connectivity index (χ0) is 20.9. The summed E-state index contributed by atoms with van der Waals surface area (Å²) < 4.78 is 55.9. The van der Waals surface area contributed by atoms with Crippen LogP contribution in [0.5, 0.6) is 5.75 Å². The molecule has 10 heteroatoms. The highest BCUT2D eigenvalue weighted by Crippen LogP contribution is 2.22. The van der Waals surface area contributed by atoms with E-state index < -0.39 is 22.5 Å². The number of nitrogens with one attached hydrogen (secondary N) is 1. The molecule has 1 fully saturated rings. The summed E-state index contributed by atoms with van der Waals surface area (Å²) >= 11 is 0. The summed E-state index contributed by atoms with van der Waals surface area (Å²) in [5.41, 5.74) is 2.61. The van der Waals surface area contributed by atoms with Crippen molar-refractivity contribution in [3.63, 3.8) is 0 Å². The van der Waals surface area contributed by atoms with E-state index in [9.17, 15) is 22.0 Å². The maximum absolute atomic E-state index is 12.6. The first-order valence-corrected chi connectivity index (χ1v) is 10.3. The van der Waals surface area contributed by atoms with Crippen molar-refractivity contribution in [1.82, 2.24) is 9.73 Å². The normalized spacial score (nSPS) is 15.1. The number of rotatable bonds is 7. The van der Waals surface area contributed by atoms with E-state index in [1.54, 1.807) is 6.07 Å². The highest BCUT2D eigenvalue weighted by atomic mass is 32.2. The van der Waals surface area contributed by atoms with E-state index in [-0.39, 0.29) is 21.8 Å². The van der Waals surface area contributed by atoms with E-state index in [1.807, 2.05) is 0 Å². The minimum Gasteiger partial charge on any atom is -0.434 e. The quantitative estimate of drug-likeness (QED) is 0.548. The summed E-state index contributed by atoms with van der Waals surface area (Å²) in [6.45, 7) is -2.06. The highest BCUT2D eigenvalue weighted by molar-refractivity contribution is 7.89. The zero-order valence-corrected chi connectivity index (χ0v) is 16.1. The average Bonchev–Trinajstić information content (AvgIpc) is 3.25. The van der Waals surface area contributed by atoms with Crippen molar-refractivity contribution in [2.24, 2.45) is 5.10 Å². The molecule has 0 radical (unpaired) electrons. The Bertz CT molecular complexity index is 1010. The van der Waals surface area contributed by atoms with Crippen molar-refractivity contribution in [2.75, 3.05) is 13.1 Å². The molecule has 3 rings (SSSR count). The lowest BCUT2D eigenvalue weighted by Gasteiger charge is -2.15. The number of amides is 1. The third-order valence-electron chi connectivity index (χ3n) is 4.30. The van der Waals surface area contributed by atoms with Gasteiger partial charge in [0.2, 0.25) is 10.0 Å². The fourth-order valence-corrected chi connectivity index (χ4v) is 4.45. The lowest BCUT2D eigenvalue weighted by atomic mass is 10.2. The van der Waals surface area contributed by atoms with E-state index in [0.717, 1.165) is 12.8 Å². The summed E-state index contributed by atoms with van der Waals surface area (Å²) in [4.78, 5) is 12.3. The number of carbonyl (C=O) groups excluding carboxylic acids is 1. The number of benzene rings is 2. The van der Waals surface area contributed by atoms with E-state index >= 15 is 0 Å². The topological polar surface area (TPSA) is 88.1 Å². The molecule has 29 heavy (non-hydrogen) atoms. The lowest BCUT2D eigenvalue weighted by molar-refractivity contribution is -0.0499. The maximum atomic E-state index is 12.6. The molecule has 1 amide bonds. The Morgan fingerprint density at radius 1 is 1.14 bits per heavy atom. The molecular weight excluding hydrogens is 404 g/mol. The molecule has 1 heterocycles. The van der Waals surface area contributed by atoms with Gasteiger partial charge in [-0.3, -0.25) is 4.79 Å². The average molecular weight is 423 g/mol. The summed E-state index contributed by atoms with van der Waals surface area (Å²) in [6.07, 6.45) is 2.79. The second-order valence-corrected chi connectivity index (χ2v) is 8.19. The molecule has 154 valence electrons. The first-order chi connectivity index (χ1) is 13.9. The van der Waals surface area contributed by atoms with Gasteiger partial charge in [-0.1, -0.05) is 18.2 Å². The Kier molecular flexibility index (Phi) is 6.55. The van der Waals surface area contributed by atoms with Crippen LogP contribution in [0.25, 0.3) is 0 Å². The van der Waals surface area contributed by atoms with Gasteiger partial charge in [-0.25, -0.2) is 13.8 Å². The molecule has 0 unspecified atom stereocenters. The molecule has 0 aliphatic carbocycles. The van der Waals surface area contributed by atoms with Crippen LogP contribution in [0.1, 0.15) is 28.8 Å². The zero-order valence-electron chi connectivity index (χ0n) is 15.3. The first-order valence-electron chi connectivity index (χ1n) is 8.85. The van der Waals surface area contributed by atoms with Crippen LogP contribution in [0.3, 0.4) is 0 Å². The maximum Gasteiger partial charge on any atom is 0.387 e. The smallest absolute Gasteiger partial charge is 0.387 e. The van der Waals surface area contributed by atoms with E-state index in [1.165, 1.54) is 53.0 Å². The predicted octanol–water partition coefficient (Wildman–Crippen LogP) is 2.84. The highest BCUT2D eigenvalue weighted by Gasteiger charge is 2.27. The number of ether oxygens (including phenoxy) is 1. The van der Waals surface area contributed by atoms with E-state index in [0.29, 0.717) is 13.1 Å². The number of sulfonamides is 1. The molecule has 0 aromatic heterocycles. The van der Waals surface area contributed by atoms with Gasteiger partial charge in [-0.05, 0) is 43.2 Å². The van der Waals surface area contributed by atoms with Crippen molar-refractivity contribution in [3.05, 3.63) is 59.7 Å². The van der Waals surface area contributed by atoms with Crippen LogP contribution in [-0.2, 0) is 10.0 Å². The third-order valence-corrected chi connectivity index (χ3v) is 6.20. The Morgan fingerprint density at radius 3 is 2.59 bits per heavy atom. The Labute approximate surface area is 167 Å². The number of hydrazone groups is 1. The van der Waals surface area contributed by atoms with Gasteiger partial charge in [0.15, 0.2) is 0 Å². The number of para-hydroxylation sites is 1. The summed E-state index contributed by atoms with van der Waals surface area (Å²) in [5.74, 6) is -0.716. The largest absolute Gasteiger partial charge is 0.434 e. The van der Waals surface area contributed by atoms with Crippen LogP contribution < -0.4 is 10.2 Å². The van der Waals surface area contributed by atoms with Crippen LogP contribution in [0, 0.1) is 0 Å². The minimum absolute atomic E-state index is 0.0340. The second-order valence-electron chi connectivity index (χ2n) is 6.25. The lowest BCUT2D eigenvalue weighted by Crippen LogP contribution is -2.28. The Balaban J connectivity index is 1.71. The van der Waals surface area contributed by atoms with Gasteiger partial charge in [0.05, 0.1) is 11.1 Å². The van der Waals surface area contributed by atoms with Gasteiger partial charge in [0.25, 0.3) is 5.91 Å². The van der Waals surface area contributed by atoms with Crippen molar-refractivity contribution in [2.45, 2.75) is 24.3 Å². The minimum atomic E-state index is -3.65. The van der Waals surface area contributed by atoms with Crippen LogP contribution in [0.15, 0.2) is 58.5 Å². The van der Waals surface area contributed by atoms with Gasteiger partial charge in [-0.2, -0.15) is 18.2 Å². The monoisotopic (exact) mass is 423 g/mol. The molecular formula is C19H19F2N3O4S. The Morgan fingerprint density at radius 2 is 1.86 bits per heavy atom. The van der Waals surface area contributed by atoms with Crippen molar-refractivity contribution in [1.29, 1.82) is 0 Å². The van der Waals surface area contributed by atoms with Crippen molar-refractivity contribution >= 4 is 22.1 Å². The van der Waals surface area contributed by atoms with Gasteiger partial charge in [0.1, 0.15) is 5.75 Å². The molecule has 1 N–H and O–H groups in total. The van der Waals surface area contributed by atoms with Gasteiger partial charge >= 0.3 is 6.61 Å². The molecule has 0 spiro atoms. The van der Waals surface area contributed by atoms with Gasteiger partial charge in [-0.15, -0.1) is 0 Å². The number of halogens is 2. The first kappa shape index (κ1) is 20.9. The molecule has 2 aromatic rings. The number of hydrogen-bond donors (Lipinski definition) is 1. The van der Waals surface area contributed by atoms with Gasteiger partial charge in [0, 0.05) is 24.2 Å². The predicted molar refractivity (Wildman–Crippen MR) is 103 cm³/mol. The Hall–Kier alpha value is -2.85. The van der Waals surface area contributed by atoms with Crippen LogP contribution >= 0.6 is 0 Å². The summed E-state index contributed by atoms with van der Waals surface area (Å²) in [6, 6.07) is 11.6. The molecule has 2 aromatic carbocycles. The molecule has 1 saturated heterocycles. The SMILES string of the molecule is O=C(N/N=C\c1ccccc1OC(F)F)c1cccc(S(=O)(=O)N2CCCC2)c1. The number of alkyl halides is 2. The molecule has 1 aliphatic rings. The second kappa shape index (κ2) is 9.10. The third kappa shape index (κ3) is 5.15. The molecule has 0 atom stereocenters. The number of nitrogens with zero attached hydrogens (tertiary/aromatic N) is 2. The van der Waals surface area contributed by atoms with Crippen LogP contribution in [0.2, 0.25) is 0 Å². The van der Waals surface area contributed by atoms with Crippen LogP contribution in [0.4, 0.5) is 8.78 Å². The summed E-state index contributed by atoms with van der Waals surface area (Å²) in [7, 11) is -3.65. The van der Waals surface area contributed by atoms with Gasteiger partial charge < -0.3 is 4.74 Å². The molecule has 7 nitrogen and oxygen atoms in total. The number of carbonyl (C=O) groups is 1. The molecule has 0 saturated carbocycles. The fraction of sp³-hybridized carbons (Fsp3) is 0.263.